The Morgan fingerprint density at radius 3 is 2.59 bits per heavy atom. The van der Waals surface area contributed by atoms with Gasteiger partial charge < -0.3 is 10.1 Å². The lowest BCUT2D eigenvalue weighted by atomic mass is 9.86. The fraction of sp³-hybridized carbons (Fsp3) is 0.448. The normalized spacial score (nSPS) is 29.5. The lowest BCUT2D eigenvalue weighted by molar-refractivity contribution is -0.139. The van der Waals surface area contributed by atoms with Crippen LogP contribution in [0.1, 0.15) is 64.4 Å². The summed E-state index contributed by atoms with van der Waals surface area (Å²) in [7, 11) is 0. The topological polar surface area (TPSA) is 55.4 Å². The Bertz CT molecular complexity index is 961. The van der Waals surface area contributed by atoms with Crippen LogP contribution in [0.3, 0.4) is 0 Å². The summed E-state index contributed by atoms with van der Waals surface area (Å²) >= 11 is 2.57. The van der Waals surface area contributed by atoms with Crippen molar-refractivity contribution in [2.24, 2.45) is 11.8 Å². The molecule has 1 saturated carbocycles. The van der Waals surface area contributed by atoms with E-state index in [4.69, 9.17) is 4.74 Å². The van der Waals surface area contributed by atoms with Gasteiger partial charge >= 0.3 is 5.97 Å². The molecule has 1 N–H and O–H groups in total. The molecule has 0 aromatic heterocycles. The molecule has 0 spiro atoms. The number of nitrogens with one attached hydrogen (secondary N) is 1. The first-order valence-electron chi connectivity index (χ1n) is 12.3. The minimum Gasteiger partial charge on any atom is -0.457 e. The van der Waals surface area contributed by atoms with E-state index in [0.717, 1.165) is 30.4 Å². The number of allylic oxidation sites excluding steroid dienone is 5. The Labute approximate surface area is 217 Å². The second-order valence-corrected chi connectivity index (χ2v) is 11.3. The molecule has 1 amide bonds. The number of ether oxygens (including phenoxy) is 1. The molecule has 0 aliphatic heterocycles. The van der Waals surface area contributed by atoms with E-state index >= 15 is 0 Å². The highest BCUT2D eigenvalue weighted by atomic mass is 127. The summed E-state index contributed by atoms with van der Waals surface area (Å²) in [6.45, 7) is 4.46. The summed E-state index contributed by atoms with van der Waals surface area (Å²) in [4.78, 5) is 25.9. The van der Waals surface area contributed by atoms with Crippen LogP contribution in [0.25, 0.3) is 0 Å². The van der Waals surface area contributed by atoms with Crippen LogP contribution in [0.15, 0.2) is 77.6 Å². The number of alkyl halides is 1. The van der Waals surface area contributed by atoms with Crippen LogP contribution in [-0.4, -0.2) is 15.8 Å². The minimum absolute atomic E-state index is 0.0200. The summed E-state index contributed by atoms with van der Waals surface area (Å²) in [6.07, 6.45) is 17.0. The zero-order chi connectivity index (χ0) is 24.3. The Balaban J connectivity index is 1.63. The first-order chi connectivity index (χ1) is 16.4. The maximum atomic E-state index is 13.2. The molecule has 1 fully saturated rings. The van der Waals surface area contributed by atoms with Crippen LogP contribution in [0.4, 0.5) is 0 Å². The SMILES string of the molecule is CC1=C/C=C(C(=O)OCc2ccccc2)\C=C/C(NC(=O)C2CCCCCC(I)CC(C)C2)=C\1. The number of hydrogen-bond acceptors (Lipinski definition) is 3. The molecule has 182 valence electrons. The monoisotopic (exact) mass is 573 g/mol. The van der Waals surface area contributed by atoms with Gasteiger partial charge in [0.15, 0.2) is 0 Å². The number of esters is 1. The summed E-state index contributed by atoms with van der Waals surface area (Å²) < 4.78 is 6.18. The first-order valence-corrected chi connectivity index (χ1v) is 13.6. The van der Waals surface area contributed by atoms with Crippen molar-refractivity contribution in [1.82, 2.24) is 5.32 Å². The molecular formula is C29H36INO3. The van der Waals surface area contributed by atoms with Crippen molar-refractivity contribution in [2.75, 3.05) is 0 Å². The van der Waals surface area contributed by atoms with E-state index < -0.39 is 0 Å². The van der Waals surface area contributed by atoms with Gasteiger partial charge in [-0.2, -0.15) is 0 Å². The predicted molar refractivity (Wildman–Crippen MR) is 146 cm³/mol. The van der Waals surface area contributed by atoms with E-state index in [0.29, 0.717) is 21.1 Å². The molecule has 3 unspecified atom stereocenters. The van der Waals surface area contributed by atoms with Crippen LogP contribution >= 0.6 is 22.6 Å². The minimum atomic E-state index is -0.383. The van der Waals surface area contributed by atoms with Gasteiger partial charge in [-0.3, -0.25) is 4.79 Å². The van der Waals surface area contributed by atoms with Crippen molar-refractivity contribution in [3.05, 3.63) is 83.1 Å². The molecular weight excluding hydrogens is 537 g/mol. The molecule has 1 aromatic rings. The largest absolute Gasteiger partial charge is 0.457 e. The van der Waals surface area contributed by atoms with Crippen LogP contribution in [-0.2, 0) is 20.9 Å². The molecule has 2 aliphatic carbocycles. The summed E-state index contributed by atoms with van der Waals surface area (Å²) in [5, 5.41) is 3.13. The Kier molecular flexibility index (Phi) is 10.6. The third-order valence-corrected chi connectivity index (χ3v) is 7.48. The van der Waals surface area contributed by atoms with E-state index in [-0.39, 0.29) is 24.4 Å². The number of carbonyl (C=O) groups is 2. The zero-order valence-electron chi connectivity index (χ0n) is 20.3. The van der Waals surface area contributed by atoms with Crippen LogP contribution < -0.4 is 5.32 Å². The summed E-state index contributed by atoms with van der Waals surface area (Å²) in [5.41, 5.74) is 3.06. The maximum absolute atomic E-state index is 13.2. The van der Waals surface area contributed by atoms with Gasteiger partial charge in [-0.1, -0.05) is 85.2 Å². The molecule has 34 heavy (non-hydrogen) atoms. The molecule has 2 aliphatic rings. The van der Waals surface area contributed by atoms with Gasteiger partial charge in [0.2, 0.25) is 5.91 Å². The highest BCUT2D eigenvalue weighted by Crippen LogP contribution is 2.29. The standard InChI is InChI=1S/C29H36INO3/c1-21-13-14-24(29(33)34-20-23-9-5-3-6-10-23)15-16-27(19-21)31-28(32)25-11-7-4-8-12-26(30)18-22(2)17-25/h3,5-6,9-10,13-16,19,22,25-26H,4,7-8,11-12,17-18,20H2,1-2H3,(H,31,32)/b14-13?,16-15-,21-13-,21-19?,24-14+,24-15?,27-16?,27-19+. The van der Waals surface area contributed by atoms with E-state index in [1.54, 1.807) is 18.2 Å². The molecule has 1 aromatic carbocycles. The van der Waals surface area contributed by atoms with Crippen molar-refractivity contribution in [2.45, 2.75) is 69.3 Å². The Morgan fingerprint density at radius 2 is 1.79 bits per heavy atom. The summed E-state index contributed by atoms with van der Waals surface area (Å²) in [5.74, 6) is 0.255. The van der Waals surface area contributed by atoms with E-state index in [1.807, 2.05) is 49.4 Å². The molecule has 4 nitrogen and oxygen atoms in total. The van der Waals surface area contributed by atoms with Crippen LogP contribution in [0, 0.1) is 11.8 Å². The van der Waals surface area contributed by atoms with Crippen molar-refractivity contribution < 1.29 is 14.3 Å². The van der Waals surface area contributed by atoms with Crippen molar-refractivity contribution >= 4 is 34.5 Å². The van der Waals surface area contributed by atoms with Crippen molar-refractivity contribution in [3.8, 4) is 0 Å². The highest BCUT2D eigenvalue weighted by molar-refractivity contribution is 14.1. The molecule has 0 bridgehead atoms. The zero-order valence-corrected chi connectivity index (χ0v) is 22.4. The molecule has 0 heterocycles. The van der Waals surface area contributed by atoms with E-state index in [1.165, 1.54) is 25.7 Å². The molecule has 3 atom stereocenters. The quantitative estimate of drug-likeness (QED) is 0.235. The maximum Gasteiger partial charge on any atom is 0.338 e. The van der Waals surface area contributed by atoms with Gasteiger partial charge in [0.1, 0.15) is 6.61 Å². The highest BCUT2D eigenvalue weighted by Gasteiger charge is 2.24. The molecule has 0 radical (unpaired) electrons. The second-order valence-electron chi connectivity index (χ2n) is 9.53. The number of amides is 1. The number of benzene rings is 1. The fourth-order valence-electron chi connectivity index (χ4n) is 4.49. The van der Waals surface area contributed by atoms with Crippen molar-refractivity contribution in [3.63, 3.8) is 0 Å². The van der Waals surface area contributed by atoms with Gasteiger partial charge in [-0.15, -0.1) is 0 Å². The summed E-state index contributed by atoms with van der Waals surface area (Å²) in [6, 6.07) is 9.63. The van der Waals surface area contributed by atoms with E-state index in [9.17, 15) is 9.59 Å². The second kappa shape index (κ2) is 13.7. The first kappa shape index (κ1) is 26.5. The fourth-order valence-corrected chi connectivity index (χ4v) is 5.80. The van der Waals surface area contributed by atoms with Crippen LogP contribution in [0.2, 0.25) is 0 Å². The lowest BCUT2D eigenvalue weighted by Gasteiger charge is -2.24. The predicted octanol–water partition coefficient (Wildman–Crippen LogP) is 6.97. The number of halogens is 1. The average Bonchev–Trinajstić information content (AvgIpc) is 2.80. The number of rotatable bonds is 5. The smallest absolute Gasteiger partial charge is 0.338 e. The molecule has 3 rings (SSSR count). The van der Waals surface area contributed by atoms with Crippen molar-refractivity contribution in [1.29, 1.82) is 0 Å². The van der Waals surface area contributed by atoms with Crippen LogP contribution in [0.5, 0.6) is 0 Å². The third kappa shape index (κ3) is 8.90. The Hall–Kier alpha value is -2.15. The lowest BCUT2D eigenvalue weighted by Crippen LogP contribution is -2.31. The number of carbonyl (C=O) groups excluding carboxylic acids is 2. The van der Waals surface area contributed by atoms with E-state index in [2.05, 4.69) is 34.8 Å². The van der Waals surface area contributed by atoms with Gasteiger partial charge in [-0.25, -0.2) is 4.79 Å². The van der Waals surface area contributed by atoms with Gasteiger partial charge in [-0.05, 0) is 74.0 Å². The van der Waals surface area contributed by atoms with Gasteiger partial charge in [0, 0.05) is 15.5 Å². The molecule has 0 saturated heterocycles. The molecule has 5 heteroatoms. The Morgan fingerprint density at radius 1 is 1.03 bits per heavy atom. The average molecular weight is 574 g/mol. The third-order valence-electron chi connectivity index (χ3n) is 6.35. The van der Waals surface area contributed by atoms with Gasteiger partial charge in [0.25, 0.3) is 0 Å². The van der Waals surface area contributed by atoms with Gasteiger partial charge in [0.05, 0.1) is 5.57 Å². The number of hydrogen-bond donors (Lipinski definition) is 1.